The van der Waals surface area contributed by atoms with Crippen LogP contribution in [0.5, 0.6) is 0 Å². The lowest BCUT2D eigenvalue weighted by atomic mass is 10.1. The highest BCUT2D eigenvalue weighted by Gasteiger charge is 2.27. The third kappa shape index (κ3) is 3.26. The van der Waals surface area contributed by atoms with Crippen LogP contribution in [0.2, 0.25) is 0 Å². The molecule has 4 nitrogen and oxygen atoms in total. The van der Waals surface area contributed by atoms with Crippen molar-refractivity contribution in [2.24, 2.45) is 0 Å². The van der Waals surface area contributed by atoms with Crippen molar-refractivity contribution in [2.75, 3.05) is 19.7 Å². The molecule has 112 valence electrons. The average Bonchev–Trinajstić information content (AvgIpc) is 2.91. The zero-order valence-corrected chi connectivity index (χ0v) is 12.9. The minimum Gasteiger partial charge on any atom is -0.375 e. The molecule has 1 saturated heterocycles. The second kappa shape index (κ2) is 6.56. The van der Waals surface area contributed by atoms with E-state index in [1.165, 1.54) is 15.6 Å². The summed E-state index contributed by atoms with van der Waals surface area (Å²) in [7, 11) is 0. The van der Waals surface area contributed by atoms with Crippen LogP contribution in [0.3, 0.4) is 0 Å². The first-order valence-electron chi connectivity index (χ1n) is 7.33. The van der Waals surface area contributed by atoms with Crippen molar-refractivity contribution in [2.45, 2.75) is 25.5 Å². The minimum atomic E-state index is -0.238. The molecule has 0 aliphatic carbocycles. The van der Waals surface area contributed by atoms with Crippen molar-refractivity contribution >= 4 is 27.3 Å². The average molecular weight is 304 g/mol. The van der Waals surface area contributed by atoms with Crippen LogP contribution in [-0.2, 0) is 16.0 Å². The largest absolute Gasteiger partial charge is 0.375 e. The number of benzene rings is 1. The molecule has 1 aromatic heterocycles. The van der Waals surface area contributed by atoms with Crippen LogP contribution in [-0.4, -0.2) is 37.7 Å². The molecule has 0 spiro atoms. The molecule has 2 atom stereocenters. The van der Waals surface area contributed by atoms with E-state index in [2.05, 4.69) is 40.3 Å². The smallest absolute Gasteiger partial charge is 0.239 e. The molecule has 2 N–H and O–H groups in total. The number of nitrogens with one attached hydrogen (secondary N) is 2. The summed E-state index contributed by atoms with van der Waals surface area (Å²) in [5.74, 6) is 0.0294. The lowest BCUT2D eigenvalue weighted by Crippen LogP contribution is -2.55. The summed E-state index contributed by atoms with van der Waals surface area (Å²) >= 11 is 1.76. The lowest BCUT2D eigenvalue weighted by Gasteiger charge is -2.29. The van der Waals surface area contributed by atoms with Gasteiger partial charge in [0, 0.05) is 17.8 Å². The van der Waals surface area contributed by atoms with Crippen molar-refractivity contribution in [1.82, 2.24) is 10.6 Å². The molecular formula is C16H20N2O2S. The first-order chi connectivity index (χ1) is 10.3. The van der Waals surface area contributed by atoms with Gasteiger partial charge in [-0.1, -0.05) is 18.2 Å². The van der Waals surface area contributed by atoms with Gasteiger partial charge in [0.15, 0.2) is 0 Å². The van der Waals surface area contributed by atoms with Gasteiger partial charge in [0.1, 0.15) is 6.04 Å². The molecule has 1 fully saturated rings. The minimum absolute atomic E-state index is 0.0294. The van der Waals surface area contributed by atoms with Crippen molar-refractivity contribution in [3.05, 3.63) is 35.2 Å². The molecule has 5 heteroatoms. The van der Waals surface area contributed by atoms with Crippen LogP contribution < -0.4 is 10.6 Å². The highest BCUT2D eigenvalue weighted by atomic mass is 32.1. The van der Waals surface area contributed by atoms with E-state index in [9.17, 15) is 4.79 Å². The molecule has 0 radical (unpaired) electrons. The summed E-state index contributed by atoms with van der Waals surface area (Å²) in [5.41, 5.74) is 1.30. The quantitative estimate of drug-likeness (QED) is 0.907. The maximum atomic E-state index is 12.1. The Bertz CT molecular complexity index is 626. The Morgan fingerprint density at radius 1 is 1.48 bits per heavy atom. The van der Waals surface area contributed by atoms with Gasteiger partial charge in [-0.05, 0) is 35.7 Å². The molecule has 0 saturated carbocycles. The maximum Gasteiger partial charge on any atom is 0.239 e. The van der Waals surface area contributed by atoms with Gasteiger partial charge in [0.05, 0.1) is 12.7 Å². The van der Waals surface area contributed by atoms with E-state index < -0.39 is 0 Å². The molecule has 1 aliphatic rings. The molecule has 2 aromatic rings. The van der Waals surface area contributed by atoms with Gasteiger partial charge in [-0.2, -0.15) is 0 Å². The third-order valence-corrected chi connectivity index (χ3v) is 4.87. The number of rotatable bonds is 4. The third-order valence-electron chi connectivity index (χ3n) is 3.85. The molecule has 1 aliphatic heterocycles. The summed E-state index contributed by atoms with van der Waals surface area (Å²) in [6.07, 6.45) is 0.790. The summed E-state index contributed by atoms with van der Waals surface area (Å²) in [6.45, 7) is 4.00. The van der Waals surface area contributed by atoms with Crippen molar-refractivity contribution < 1.29 is 9.53 Å². The number of thiophene rings is 1. The number of morpholine rings is 1. The molecule has 1 amide bonds. The first kappa shape index (κ1) is 14.5. The first-order valence-corrected chi connectivity index (χ1v) is 8.21. The van der Waals surface area contributed by atoms with Crippen LogP contribution in [0, 0.1) is 0 Å². The van der Waals surface area contributed by atoms with E-state index in [-0.39, 0.29) is 18.1 Å². The van der Waals surface area contributed by atoms with E-state index in [0.717, 1.165) is 13.0 Å². The predicted molar refractivity (Wildman–Crippen MR) is 85.7 cm³/mol. The highest BCUT2D eigenvalue weighted by molar-refractivity contribution is 7.17. The molecular weight excluding hydrogens is 284 g/mol. The molecule has 21 heavy (non-hydrogen) atoms. The number of hydrogen-bond acceptors (Lipinski definition) is 4. The van der Waals surface area contributed by atoms with E-state index in [4.69, 9.17) is 4.74 Å². The topological polar surface area (TPSA) is 50.4 Å². The van der Waals surface area contributed by atoms with Gasteiger partial charge in [0.25, 0.3) is 0 Å². The number of hydrogen-bond donors (Lipinski definition) is 2. The van der Waals surface area contributed by atoms with Gasteiger partial charge in [-0.3, -0.25) is 4.79 Å². The zero-order valence-electron chi connectivity index (χ0n) is 12.1. The number of fused-ring (bicyclic) bond motifs is 1. The summed E-state index contributed by atoms with van der Waals surface area (Å²) in [5, 5.41) is 9.69. The van der Waals surface area contributed by atoms with E-state index >= 15 is 0 Å². The molecule has 2 heterocycles. The van der Waals surface area contributed by atoms with Gasteiger partial charge in [-0.25, -0.2) is 0 Å². The van der Waals surface area contributed by atoms with Gasteiger partial charge < -0.3 is 15.4 Å². The molecule has 0 bridgehead atoms. The molecule has 3 rings (SSSR count). The Morgan fingerprint density at radius 2 is 2.33 bits per heavy atom. The maximum absolute atomic E-state index is 12.1. The van der Waals surface area contributed by atoms with Crippen LogP contribution in [0.15, 0.2) is 29.6 Å². The Hall–Kier alpha value is -1.43. The van der Waals surface area contributed by atoms with E-state index in [1.807, 2.05) is 6.92 Å². The zero-order chi connectivity index (χ0) is 14.7. The van der Waals surface area contributed by atoms with Crippen molar-refractivity contribution in [3.63, 3.8) is 0 Å². The summed E-state index contributed by atoms with van der Waals surface area (Å²) in [6, 6.07) is 8.15. The summed E-state index contributed by atoms with van der Waals surface area (Å²) < 4.78 is 6.80. The van der Waals surface area contributed by atoms with Crippen molar-refractivity contribution in [3.8, 4) is 0 Å². The van der Waals surface area contributed by atoms with Gasteiger partial charge in [0.2, 0.25) is 5.91 Å². The standard InChI is InChI=1S/C16H20N2O2S/c1-11-15(17-8-9-20-11)16(19)18-7-6-12-10-21-14-5-3-2-4-13(12)14/h2-5,10-11,15,17H,6-9H2,1H3,(H,18,19)/t11-,15+/m1/s1. The number of carbonyl (C=O) groups is 1. The second-order valence-electron chi connectivity index (χ2n) is 5.31. The SMILES string of the molecule is C[C@H]1OCCN[C@@H]1C(=O)NCCc1csc2ccccc12. The van der Waals surface area contributed by atoms with Crippen LogP contribution >= 0.6 is 11.3 Å². The van der Waals surface area contributed by atoms with E-state index in [1.54, 1.807) is 11.3 Å². The summed E-state index contributed by atoms with van der Waals surface area (Å²) in [4.78, 5) is 12.1. The predicted octanol–water partition coefficient (Wildman–Crippen LogP) is 1.94. The number of carbonyl (C=O) groups excluding carboxylic acids is 1. The fourth-order valence-electron chi connectivity index (χ4n) is 2.68. The van der Waals surface area contributed by atoms with Crippen molar-refractivity contribution in [1.29, 1.82) is 0 Å². The second-order valence-corrected chi connectivity index (χ2v) is 6.22. The Labute approximate surface area is 128 Å². The normalized spacial score (nSPS) is 22.3. The number of ether oxygens (including phenoxy) is 1. The Balaban J connectivity index is 1.55. The fraction of sp³-hybridized carbons (Fsp3) is 0.438. The van der Waals surface area contributed by atoms with Crippen LogP contribution in [0.1, 0.15) is 12.5 Å². The van der Waals surface area contributed by atoms with E-state index in [0.29, 0.717) is 13.2 Å². The monoisotopic (exact) mass is 304 g/mol. The van der Waals surface area contributed by atoms with Gasteiger partial charge in [-0.15, -0.1) is 11.3 Å². The highest BCUT2D eigenvalue weighted by Crippen LogP contribution is 2.25. The molecule has 0 unspecified atom stereocenters. The molecule has 1 aromatic carbocycles. The Morgan fingerprint density at radius 3 is 3.19 bits per heavy atom. The Kier molecular flexibility index (Phi) is 4.53. The van der Waals surface area contributed by atoms with Crippen LogP contribution in [0.25, 0.3) is 10.1 Å². The van der Waals surface area contributed by atoms with Gasteiger partial charge >= 0.3 is 0 Å². The number of amides is 1. The fourth-order valence-corrected chi connectivity index (χ4v) is 3.68. The lowest BCUT2D eigenvalue weighted by molar-refractivity contribution is -0.128. The van der Waals surface area contributed by atoms with Crippen LogP contribution in [0.4, 0.5) is 0 Å².